The van der Waals surface area contributed by atoms with Gasteiger partial charge in [-0.2, -0.15) is 0 Å². The largest absolute Gasteiger partial charge is 0.419 e. The molecular formula is C20H23N3O2. The predicted octanol–water partition coefficient (Wildman–Crippen LogP) is 3.82. The van der Waals surface area contributed by atoms with E-state index in [9.17, 15) is 5.11 Å². The van der Waals surface area contributed by atoms with E-state index >= 15 is 0 Å². The Kier molecular flexibility index (Phi) is 5.46. The third kappa shape index (κ3) is 4.45. The van der Waals surface area contributed by atoms with E-state index in [0.29, 0.717) is 31.3 Å². The molecule has 0 spiro atoms. The van der Waals surface area contributed by atoms with Crippen molar-refractivity contribution in [3.05, 3.63) is 66.1 Å². The molecule has 3 rings (SSSR count). The standard InChI is InChI=1S/C20H23N3O2/c1-3-18(24)13-23(17-7-5-4-6-8-17)14-19-21-22-20(25-19)16-11-9-15(2)10-12-16/h4-12,18,24H,3,13-14H2,1-2H3. The SMILES string of the molecule is CCC(O)CN(Cc1nnc(-c2ccc(C)cc2)o1)c1ccccc1. The zero-order valence-corrected chi connectivity index (χ0v) is 14.6. The first kappa shape index (κ1) is 17.2. The first-order valence-electron chi connectivity index (χ1n) is 8.53. The molecule has 1 N–H and O–H groups in total. The zero-order chi connectivity index (χ0) is 17.6. The van der Waals surface area contributed by atoms with E-state index in [2.05, 4.69) is 15.1 Å². The molecule has 0 aliphatic heterocycles. The maximum absolute atomic E-state index is 10.1. The van der Waals surface area contributed by atoms with Crippen LogP contribution in [0.15, 0.2) is 59.0 Å². The molecular weight excluding hydrogens is 314 g/mol. The molecule has 0 amide bonds. The highest BCUT2D eigenvalue weighted by molar-refractivity contribution is 5.53. The van der Waals surface area contributed by atoms with E-state index < -0.39 is 6.10 Å². The van der Waals surface area contributed by atoms with Crippen LogP contribution >= 0.6 is 0 Å². The maximum atomic E-state index is 10.1. The minimum atomic E-state index is -0.403. The number of para-hydroxylation sites is 1. The van der Waals surface area contributed by atoms with Gasteiger partial charge in [0.2, 0.25) is 11.8 Å². The second-order valence-electron chi connectivity index (χ2n) is 6.15. The summed E-state index contributed by atoms with van der Waals surface area (Å²) in [7, 11) is 0. The second-order valence-corrected chi connectivity index (χ2v) is 6.15. The summed E-state index contributed by atoms with van der Waals surface area (Å²) in [5.74, 6) is 1.04. The monoisotopic (exact) mass is 337 g/mol. The molecule has 5 nitrogen and oxygen atoms in total. The molecule has 0 saturated heterocycles. The van der Waals surface area contributed by atoms with Crippen LogP contribution in [-0.2, 0) is 6.54 Å². The Hall–Kier alpha value is -2.66. The Morgan fingerprint density at radius 2 is 1.76 bits per heavy atom. The van der Waals surface area contributed by atoms with Gasteiger partial charge in [0, 0.05) is 17.8 Å². The van der Waals surface area contributed by atoms with Gasteiger partial charge >= 0.3 is 0 Å². The third-order valence-electron chi connectivity index (χ3n) is 4.12. The summed E-state index contributed by atoms with van der Waals surface area (Å²) in [6.07, 6.45) is 0.293. The van der Waals surface area contributed by atoms with Crippen molar-refractivity contribution in [1.82, 2.24) is 10.2 Å². The van der Waals surface area contributed by atoms with Gasteiger partial charge in [0.15, 0.2) is 0 Å². The van der Waals surface area contributed by atoms with E-state index in [-0.39, 0.29) is 0 Å². The number of rotatable bonds is 7. The van der Waals surface area contributed by atoms with Crippen LogP contribution in [0.3, 0.4) is 0 Å². The molecule has 0 radical (unpaired) electrons. The van der Waals surface area contributed by atoms with Crippen molar-refractivity contribution in [3.63, 3.8) is 0 Å². The molecule has 25 heavy (non-hydrogen) atoms. The van der Waals surface area contributed by atoms with E-state index in [0.717, 1.165) is 11.3 Å². The molecule has 0 saturated carbocycles. The van der Waals surface area contributed by atoms with Crippen molar-refractivity contribution < 1.29 is 9.52 Å². The van der Waals surface area contributed by atoms with Crippen molar-refractivity contribution >= 4 is 5.69 Å². The smallest absolute Gasteiger partial charge is 0.247 e. The topological polar surface area (TPSA) is 62.4 Å². The van der Waals surface area contributed by atoms with Crippen LogP contribution in [0.5, 0.6) is 0 Å². The normalized spacial score (nSPS) is 12.1. The first-order chi connectivity index (χ1) is 12.2. The van der Waals surface area contributed by atoms with E-state index in [1.165, 1.54) is 5.56 Å². The molecule has 1 atom stereocenters. The van der Waals surface area contributed by atoms with Crippen LogP contribution in [0.4, 0.5) is 5.69 Å². The van der Waals surface area contributed by atoms with E-state index in [4.69, 9.17) is 4.42 Å². The number of hydrogen-bond donors (Lipinski definition) is 1. The Balaban J connectivity index is 1.79. The number of nitrogens with zero attached hydrogens (tertiary/aromatic N) is 3. The Morgan fingerprint density at radius 1 is 1.04 bits per heavy atom. The first-order valence-corrected chi connectivity index (χ1v) is 8.53. The molecule has 1 aromatic heterocycles. The van der Waals surface area contributed by atoms with Crippen LogP contribution < -0.4 is 4.90 Å². The van der Waals surface area contributed by atoms with Crippen LogP contribution in [0, 0.1) is 6.92 Å². The molecule has 0 aliphatic carbocycles. The summed E-state index contributed by atoms with van der Waals surface area (Å²) < 4.78 is 5.83. The minimum absolute atomic E-state index is 0.403. The van der Waals surface area contributed by atoms with E-state index in [1.807, 2.05) is 68.4 Å². The molecule has 5 heteroatoms. The average Bonchev–Trinajstić information content (AvgIpc) is 3.11. The van der Waals surface area contributed by atoms with Gasteiger partial charge in [0.25, 0.3) is 0 Å². The van der Waals surface area contributed by atoms with Crippen LogP contribution in [0.25, 0.3) is 11.5 Å². The highest BCUT2D eigenvalue weighted by Gasteiger charge is 2.16. The van der Waals surface area contributed by atoms with Crippen LogP contribution in [-0.4, -0.2) is 28.0 Å². The second kappa shape index (κ2) is 7.94. The summed E-state index contributed by atoms with van der Waals surface area (Å²) in [4.78, 5) is 2.06. The summed E-state index contributed by atoms with van der Waals surface area (Å²) in [5.41, 5.74) is 3.11. The quantitative estimate of drug-likeness (QED) is 0.710. The lowest BCUT2D eigenvalue weighted by molar-refractivity contribution is 0.174. The van der Waals surface area contributed by atoms with Gasteiger partial charge in [-0.25, -0.2) is 0 Å². The molecule has 3 aromatic rings. The number of aromatic nitrogens is 2. The molecule has 0 aliphatic rings. The average molecular weight is 337 g/mol. The lowest BCUT2D eigenvalue weighted by atomic mass is 10.1. The molecule has 2 aromatic carbocycles. The van der Waals surface area contributed by atoms with Gasteiger partial charge in [0.1, 0.15) is 0 Å². The molecule has 0 fully saturated rings. The summed E-state index contributed by atoms with van der Waals surface area (Å²) >= 11 is 0. The van der Waals surface area contributed by atoms with Crippen molar-refractivity contribution in [2.75, 3.05) is 11.4 Å². The van der Waals surface area contributed by atoms with Crippen LogP contribution in [0.1, 0.15) is 24.8 Å². The maximum Gasteiger partial charge on any atom is 0.247 e. The Morgan fingerprint density at radius 3 is 2.44 bits per heavy atom. The predicted molar refractivity (Wildman–Crippen MR) is 98.3 cm³/mol. The fourth-order valence-electron chi connectivity index (χ4n) is 2.58. The van der Waals surface area contributed by atoms with Gasteiger partial charge < -0.3 is 14.4 Å². The molecule has 0 bridgehead atoms. The summed E-state index contributed by atoms with van der Waals surface area (Å²) in [6, 6.07) is 17.9. The molecule has 130 valence electrons. The van der Waals surface area contributed by atoms with Gasteiger partial charge in [-0.05, 0) is 37.6 Å². The fraction of sp³-hybridized carbons (Fsp3) is 0.300. The number of hydrogen-bond acceptors (Lipinski definition) is 5. The number of aliphatic hydroxyl groups excluding tert-OH is 1. The lowest BCUT2D eigenvalue weighted by Crippen LogP contribution is -2.31. The molecule has 1 heterocycles. The highest BCUT2D eigenvalue weighted by Crippen LogP contribution is 2.21. The number of aryl methyl sites for hydroxylation is 1. The minimum Gasteiger partial charge on any atom is -0.419 e. The van der Waals surface area contributed by atoms with Gasteiger partial charge in [-0.15, -0.1) is 10.2 Å². The number of benzene rings is 2. The third-order valence-corrected chi connectivity index (χ3v) is 4.12. The van der Waals surface area contributed by atoms with Gasteiger partial charge in [-0.1, -0.05) is 42.8 Å². The Labute approximate surface area is 147 Å². The van der Waals surface area contributed by atoms with Gasteiger partial charge in [0.05, 0.1) is 12.6 Å². The zero-order valence-electron chi connectivity index (χ0n) is 14.6. The van der Waals surface area contributed by atoms with Crippen molar-refractivity contribution in [3.8, 4) is 11.5 Å². The van der Waals surface area contributed by atoms with Crippen molar-refractivity contribution in [2.45, 2.75) is 32.9 Å². The number of aliphatic hydroxyl groups is 1. The van der Waals surface area contributed by atoms with Crippen molar-refractivity contribution in [2.24, 2.45) is 0 Å². The number of anilines is 1. The molecule has 1 unspecified atom stereocenters. The van der Waals surface area contributed by atoms with E-state index in [1.54, 1.807) is 0 Å². The van der Waals surface area contributed by atoms with Crippen molar-refractivity contribution in [1.29, 1.82) is 0 Å². The highest BCUT2D eigenvalue weighted by atomic mass is 16.4. The lowest BCUT2D eigenvalue weighted by Gasteiger charge is -2.25. The fourth-order valence-corrected chi connectivity index (χ4v) is 2.58. The Bertz CT molecular complexity index is 784. The van der Waals surface area contributed by atoms with Crippen LogP contribution in [0.2, 0.25) is 0 Å². The summed E-state index contributed by atoms with van der Waals surface area (Å²) in [6.45, 7) is 4.98. The van der Waals surface area contributed by atoms with Gasteiger partial charge in [-0.3, -0.25) is 0 Å². The summed E-state index contributed by atoms with van der Waals surface area (Å²) in [5, 5.41) is 18.4.